The van der Waals surface area contributed by atoms with Crippen LogP contribution in [0.15, 0.2) is 18.2 Å². The zero-order chi connectivity index (χ0) is 22.1. The minimum Gasteiger partial charge on any atom is -0.460 e. The van der Waals surface area contributed by atoms with Crippen LogP contribution in [-0.2, 0) is 31.8 Å². The van der Waals surface area contributed by atoms with Crippen molar-refractivity contribution in [1.29, 1.82) is 0 Å². The summed E-state index contributed by atoms with van der Waals surface area (Å²) in [5, 5.41) is 11.6. The molecule has 0 fully saturated rings. The fourth-order valence-corrected chi connectivity index (χ4v) is 2.54. The van der Waals surface area contributed by atoms with Gasteiger partial charge in [-0.3, -0.25) is 10.1 Å². The SMILES string of the molecule is CC(C)(C)OC(=O)CCc1cc(CCOCCO)cc(NC(=O)OC(C)(C)C)c1. The molecule has 0 atom stereocenters. The van der Waals surface area contributed by atoms with Crippen LogP contribution in [0.3, 0.4) is 0 Å². The van der Waals surface area contributed by atoms with Gasteiger partial charge in [0.15, 0.2) is 0 Å². The first-order valence-corrected chi connectivity index (χ1v) is 9.91. The topological polar surface area (TPSA) is 94.1 Å². The van der Waals surface area contributed by atoms with Crippen LogP contribution in [0.1, 0.15) is 59.1 Å². The van der Waals surface area contributed by atoms with Crippen molar-refractivity contribution in [2.24, 2.45) is 0 Å². The molecule has 0 bridgehead atoms. The maximum absolute atomic E-state index is 12.1. The highest BCUT2D eigenvalue weighted by Crippen LogP contribution is 2.19. The molecule has 1 aromatic rings. The Morgan fingerprint density at radius 2 is 1.48 bits per heavy atom. The van der Waals surface area contributed by atoms with Crippen LogP contribution >= 0.6 is 0 Å². The largest absolute Gasteiger partial charge is 0.460 e. The van der Waals surface area contributed by atoms with Crippen molar-refractivity contribution in [2.75, 3.05) is 25.1 Å². The average molecular weight is 410 g/mol. The summed E-state index contributed by atoms with van der Waals surface area (Å²) in [4.78, 5) is 24.1. The van der Waals surface area contributed by atoms with Crippen LogP contribution in [0, 0.1) is 0 Å². The van der Waals surface area contributed by atoms with Crippen molar-refractivity contribution in [3.05, 3.63) is 29.3 Å². The number of anilines is 1. The van der Waals surface area contributed by atoms with E-state index in [1.807, 2.05) is 39.0 Å². The van der Waals surface area contributed by atoms with Gasteiger partial charge in [-0.2, -0.15) is 0 Å². The Kier molecular flexibility index (Phi) is 9.59. The summed E-state index contributed by atoms with van der Waals surface area (Å²) in [5.41, 5.74) is 1.33. The lowest BCUT2D eigenvalue weighted by molar-refractivity contribution is -0.154. The Morgan fingerprint density at radius 1 is 0.897 bits per heavy atom. The number of benzene rings is 1. The number of aliphatic hydroxyl groups excluding tert-OH is 1. The number of hydrogen-bond acceptors (Lipinski definition) is 6. The molecule has 0 saturated heterocycles. The second kappa shape index (κ2) is 11.2. The Hall–Kier alpha value is -2.12. The van der Waals surface area contributed by atoms with Gasteiger partial charge in [0.25, 0.3) is 0 Å². The molecule has 0 spiro atoms. The molecule has 0 unspecified atom stereocenters. The number of carbonyl (C=O) groups excluding carboxylic acids is 2. The van der Waals surface area contributed by atoms with Crippen molar-refractivity contribution in [2.45, 2.75) is 72.0 Å². The Bertz CT molecular complexity index is 673. The van der Waals surface area contributed by atoms with Gasteiger partial charge in [-0.1, -0.05) is 6.07 Å². The summed E-state index contributed by atoms with van der Waals surface area (Å²) in [6.07, 6.45) is 0.810. The van der Waals surface area contributed by atoms with E-state index in [9.17, 15) is 9.59 Å². The maximum Gasteiger partial charge on any atom is 0.412 e. The van der Waals surface area contributed by atoms with Gasteiger partial charge in [-0.25, -0.2) is 4.79 Å². The monoisotopic (exact) mass is 409 g/mol. The maximum atomic E-state index is 12.1. The molecule has 7 heteroatoms. The number of esters is 1. The number of carbonyl (C=O) groups is 2. The molecule has 1 aromatic carbocycles. The molecule has 7 nitrogen and oxygen atoms in total. The molecule has 2 N–H and O–H groups in total. The van der Waals surface area contributed by atoms with E-state index in [1.165, 1.54) is 0 Å². The van der Waals surface area contributed by atoms with Gasteiger partial charge in [0.2, 0.25) is 0 Å². The van der Waals surface area contributed by atoms with Crippen LogP contribution in [0.5, 0.6) is 0 Å². The fraction of sp³-hybridized carbons (Fsp3) is 0.636. The smallest absolute Gasteiger partial charge is 0.412 e. The van der Waals surface area contributed by atoms with Crippen molar-refractivity contribution < 1.29 is 28.9 Å². The van der Waals surface area contributed by atoms with Crippen LogP contribution in [0.25, 0.3) is 0 Å². The third kappa shape index (κ3) is 12.1. The summed E-state index contributed by atoms with van der Waals surface area (Å²) in [6.45, 7) is 11.6. The first kappa shape index (κ1) is 24.9. The highest BCUT2D eigenvalue weighted by molar-refractivity contribution is 5.85. The molecule has 0 aliphatic rings. The minimum atomic E-state index is -0.598. The predicted molar refractivity (Wildman–Crippen MR) is 112 cm³/mol. The molecule has 0 saturated carbocycles. The molecule has 164 valence electrons. The summed E-state index contributed by atoms with van der Waals surface area (Å²) in [5.74, 6) is -0.268. The summed E-state index contributed by atoms with van der Waals surface area (Å²) in [7, 11) is 0. The van der Waals surface area contributed by atoms with Gasteiger partial charge in [0, 0.05) is 12.1 Å². The van der Waals surface area contributed by atoms with E-state index in [4.69, 9.17) is 19.3 Å². The van der Waals surface area contributed by atoms with E-state index in [1.54, 1.807) is 20.8 Å². The van der Waals surface area contributed by atoms with Crippen LogP contribution in [0.2, 0.25) is 0 Å². The standard InChI is InChI=1S/C22H35NO6/c1-21(2,3)28-19(25)8-7-16-13-17(9-11-27-12-10-24)15-18(14-16)23-20(26)29-22(4,5)6/h13-15,24H,7-12H2,1-6H3,(H,23,26). The third-order valence-electron chi connectivity index (χ3n) is 3.51. The average Bonchev–Trinajstić information content (AvgIpc) is 2.53. The zero-order valence-electron chi connectivity index (χ0n) is 18.5. The van der Waals surface area contributed by atoms with Gasteiger partial charge in [0.05, 0.1) is 19.8 Å². The normalized spacial score (nSPS) is 11.8. The van der Waals surface area contributed by atoms with E-state index in [2.05, 4.69) is 5.32 Å². The number of aliphatic hydroxyl groups is 1. The van der Waals surface area contributed by atoms with E-state index in [-0.39, 0.29) is 25.6 Å². The number of amides is 1. The number of rotatable bonds is 9. The highest BCUT2D eigenvalue weighted by Gasteiger charge is 2.18. The third-order valence-corrected chi connectivity index (χ3v) is 3.51. The van der Waals surface area contributed by atoms with E-state index >= 15 is 0 Å². The van der Waals surface area contributed by atoms with Gasteiger partial charge in [-0.05, 0) is 77.6 Å². The molecule has 0 heterocycles. The quantitative estimate of drug-likeness (QED) is 0.475. The molecule has 29 heavy (non-hydrogen) atoms. The molecule has 0 aromatic heterocycles. The Labute approximate surface area is 173 Å². The molecule has 0 aliphatic heterocycles. The van der Waals surface area contributed by atoms with Crippen molar-refractivity contribution in [1.82, 2.24) is 0 Å². The molecule has 1 amide bonds. The number of hydrogen-bond donors (Lipinski definition) is 2. The second-order valence-corrected chi connectivity index (χ2v) is 8.84. The first-order valence-electron chi connectivity index (χ1n) is 9.91. The van der Waals surface area contributed by atoms with Crippen molar-refractivity contribution >= 4 is 17.7 Å². The lowest BCUT2D eigenvalue weighted by atomic mass is 10.0. The zero-order valence-corrected chi connectivity index (χ0v) is 18.5. The summed E-state index contributed by atoms with van der Waals surface area (Å²) >= 11 is 0. The van der Waals surface area contributed by atoms with Crippen LogP contribution in [-0.4, -0.2) is 48.2 Å². The number of nitrogens with one attached hydrogen (secondary N) is 1. The van der Waals surface area contributed by atoms with Gasteiger partial charge in [0.1, 0.15) is 11.2 Å². The summed E-state index contributed by atoms with van der Waals surface area (Å²) < 4.78 is 16.0. The highest BCUT2D eigenvalue weighted by atomic mass is 16.6. The van der Waals surface area contributed by atoms with Gasteiger partial charge in [-0.15, -0.1) is 0 Å². The Balaban J connectivity index is 2.86. The lowest BCUT2D eigenvalue weighted by Crippen LogP contribution is -2.27. The Morgan fingerprint density at radius 3 is 2.03 bits per heavy atom. The van der Waals surface area contributed by atoms with E-state index in [0.717, 1.165) is 11.1 Å². The molecule has 0 aliphatic carbocycles. The molecule has 0 radical (unpaired) electrons. The van der Waals surface area contributed by atoms with Crippen LogP contribution < -0.4 is 5.32 Å². The van der Waals surface area contributed by atoms with Crippen LogP contribution in [0.4, 0.5) is 10.5 Å². The minimum absolute atomic E-state index is 0.0264. The van der Waals surface area contributed by atoms with Gasteiger partial charge < -0.3 is 19.3 Å². The number of ether oxygens (including phenoxy) is 3. The van der Waals surface area contributed by atoms with Gasteiger partial charge >= 0.3 is 12.1 Å². The molecule has 1 rings (SSSR count). The fourth-order valence-electron chi connectivity index (χ4n) is 2.54. The lowest BCUT2D eigenvalue weighted by Gasteiger charge is -2.20. The number of aryl methyl sites for hydroxylation is 1. The first-order chi connectivity index (χ1) is 13.4. The predicted octanol–water partition coefficient (Wildman–Crippen LogP) is 3.86. The van der Waals surface area contributed by atoms with E-state index < -0.39 is 17.3 Å². The van der Waals surface area contributed by atoms with Crippen molar-refractivity contribution in [3.8, 4) is 0 Å². The molecular weight excluding hydrogens is 374 g/mol. The second-order valence-electron chi connectivity index (χ2n) is 8.84. The van der Waals surface area contributed by atoms with Crippen molar-refractivity contribution in [3.63, 3.8) is 0 Å². The van der Waals surface area contributed by atoms with E-state index in [0.29, 0.717) is 25.1 Å². The molecular formula is C22H35NO6. The summed E-state index contributed by atoms with van der Waals surface area (Å²) in [6, 6.07) is 5.66.